The molecule has 0 aliphatic rings. The first kappa shape index (κ1) is 30.8. The predicted octanol–water partition coefficient (Wildman–Crippen LogP) is -9.66. The van der Waals surface area contributed by atoms with Crippen molar-refractivity contribution < 1.29 is 87.9 Å². The van der Waals surface area contributed by atoms with Crippen LogP contribution in [0, 0.1) is 0 Å². The predicted molar refractivity (Wildman–Crippen MR) is 72.2 cm³/mol. The monoisotopic (exact) mass is 445 g/mol. The van der Waals surface area contributed by atoms with Gasteiger partial charge in [-0.15, -0.1) is 0 Å². The maximum Gasteiger partial charge on any atom is 2.00 e. The molecular formula is C12H22MnO14. The maximum absolute atomic E-state index is 9.98. The molecule has 10 N–H and O–H groups in total. The summed E-state index contributed by atoms with van der Waals surface area (Å²) in [6.45, 7) is -1.73. The van der Waals surface area contributed by atoms with Gasteiger partial charge in [0.05, 0.1) is 25.2 Å². The van der Waals surface area contributed by atoms with Gasteiger partial charge in [-0.25, -0.2) is 0 Å². The first-order valence-electron chi connectivity index (χ1n) is 6.91. The van der Waals surface area contributed by atoms with Crippen molar-refractivity contribution in [2.75, 3.05) is 13.2 Å². The molecule has 0 heterocycles. The van der Waals surface area contributed by atoms with Gasteiger partial charge < -0.3 is 70.9 Å². The van der Waals surface area contributed by atoms with Crippen molar-refractivity contribution >= 4 is 11.9 Å². The van der Waals surface area contributed by atoms with Crippen molar-refractivity contribution in [2.24, 2.45) is 0 Å². The smallest absolute Gasteiger partial charge is 0.547 e. The van der Waals surface area contributed by atoms with Crippen LogP contribution >= 0.6 is 0 Å². The zero-order chi connectivity index (χ0) is 21.2. The van der Waals surface area contributed by atoms with E-state index in [1.165, 1.54) is 0 Å². The molecular weight excluding hydrogens is 423 g/mol. The topological polar surface area (TPSA) is 283 Å². The number of carboxylic acids is 2. The molecule has 0 aromatic heterocycles. The minimum atomic E-state index is -2.31. The molecule has 0 fully saturated rings. The van der Waals surface area contributed by atoms with Crippen LogP contribution in [0.25, 0.3) is 0 Å². The summed E-state index contributed by atoms with van der Waals surface area (Å²) in [6, 6.07) is 0. The van der Waals surface area contributed by atoms with Crippen molar-refractivity contribution in [2.45, 2.75) is 48.8 Å². The first-order valence-corrected chi connectivity index (χ1v) is 6.91. The fourth-order valence-electron chi connectivity index (χ4n) is 1.32. The van der Waals surface area contributed by atoms with E-state index in [1.54, 1.807) is 0 Å². The van der Waals surface area contributed by atoms with Crippen molar-refractivity contribution in [3.05, 3.63) is 0 Å². The van der Waals surface area contributed by atoms with E-state index in [2.05, 4.69) is 0 Å². The molecule has 0 aliphatic heterocycles. The van der Waals surface area contributed by atoms with Crippen LogP contribution in [0.5, 0.6) is 0 Å². The third-order valence-corrected chi connectivity index (χ3v) is 2.99. The van der Waals surface area contributed by atoms with Gasteiger partial charge in [0.15, 0.2) is 0 Å². The third-order valence-electron chi connectivity index (χ3n) is 2.99. The van der Waals surface area contributed by atoms with E-state index in [9.17, 15) is 19.8 Å². The normalized spacial score (nSPS) is 19.6. The zero-order valence-corrected chi connectivity index (χ0v) is 14.7. The second-order valence-corrected chi connectivity index (χ2v) is 4.99. The van der Waals surface area contributed by atoms with Crippen molar-refractivity contribution in [1.29, 1.82) is 0 Å². The molecule has 8 atom stereocenters. The molecule has 15 heteroatoms. The van der Waals surface area contributed by atoms with Gasteiger partial charge in [-0.1, -0.05) is 0 Å². The molecule has 14 nitrogen and oxygen atoms in total. The molecule has 8 unspecified atom stereocenters. The second kappa shape index (κ2) is 15.0. The van der Waals surface area contributed by atoms with Gasteiger partial charge in [0.2, 0.25) is 0 Å². The average Bonchev–Trinajstić information content (AvgIpc) is 2.62. The number of aliphatic hydroxyl groups excluding tert-OH is 10. The summed E-state index contributed by atoms with van der Waals surface area (Å²) in [5.41, 5.74) is 0. The van der Waals surface area contributed by atoms with Crippen molar-refractivity contribution in [3.8, 4) is 0 Å². The largest absolute Gasteiger partial charge is 2.00 e. The van der Waals surface area contributed by atoms with E-state index in [0.29, 0.717) is 0 Å². The van der Waals surface area contributed by atoms with E-state index in [-0.39, 0.29) is 17.1 Å². The van der Waals surface area contributed by atoms with Gasteiger partial charge in [-0.2, -0.15) is 0 Å². The molecule has 0 aromatic rings. The van der Waals surface area contributed by atoms with Crippen LogP contribution in [-0.2, 0) is 26.7 Å². The Morgan fingerprint density at radius 2 is 0.815 bits per heavy atom. The molecule has 27 heavy (non-hydrogen) atoms. The molecule has 0 saturated carbocycles. The van der Waals surface area contributed by atoms with Crippen LogP contribution < -0.4 is 10.2 Å². The Morgan fingerprint density at radius 1 is 0.593 bits per heavy atom. The average molecular weight is 445 g/mol. The Labute approximate surface area is 162 Å². The Balaban J connectivity index is -0.000000411. The van der Waals surface area contributed by atoms with Crippen molar-refractivity contribution in [3.63, 3.8) is 0 Å². The second-order valence-electron chi connectivity index (χ2n) is 4.99. The molecule has 161 valence electrons. The van der Waals surface area contributed by atoms with Gasteiger partial charge in [0, 0.05) is 0 Å². The molecule has 1 radical (unpaired) electrons. The number of aliphatic hydroxyl groups is 10. The summed E-state index contributed by atoms with van der Waals surface area (Å²) in [6.07, 6.45) is -16.2. The third kappa shape index (κ3) is 10.8. The number of carbonyl (C=O) groups is 2. The standard InChI is InChI=1S/2C6H12O7.Mn/c2*7-1-2(8)3(9)4(10)5(11)6(12)13;/h2*2-5,7-11H,1H2,(H,12,13);/q;;+2/p-2. The molecule has 0 aromatic carbocycles. The Hall–Kier alpha value is -0.941. The number of hydrogen-bond donors (Lipinski definition) is 10. The summed E-state index contributed by atoms with van der Waals surface area (Å²) >= 11 is 0. The summed E-state index contributed by atoms with van der Waals surface area (Å²) < 4.78 is 0. The maximum atomic E-state index is 9.98. The van der Waals surface area contributed by atoms with Gasteiger partial charge in [0.1, 0.15) is 48.8 Å². The van der Waals surface area contributed by atoms with Crippen LogP contribution in [0.2, 0.25) is 0 Å². The number of hydrogen-bond acceptors (Lipinski definition) is 14. The number of rotatable bonds is 10. The van der Waals surface area contributed by atoms with Crippen LogP contribution in [0.3, 0.4) is 0 Å². The zero-order valence-electron chi connectivity index (χ0n) is 13.5. The van der Waals surface area contributed by atoms with Gasteiger partial charge in [-0.05, 0) is 0 Å². The number of carboxylic acid groups (broad SMARTS) is 2. The molecule has 0 rings (SSSR count). The Kier molecular flexibility index (Phi) is 17.1. The molecule has 0 spiro atoms. The summed E-state index contributed by atoms with van der Waals surface area (Å²) in [7, 11) is 0. The fourth-order valence-corrected chi connectivity index (χ4v) is 1.32. The van der Waals surface area contributed by atoms with Gasteiger partial charge >= 0.3 is 17.1 Å². The minimum absolute atomic E-state index is 0. The van der Waals surface area contributed by atoms with E-state index in [0.717, 1.165) is 0 Å². The van der Waals surface area contributed by atoms with E-state index < -0.39 is 74.0 Å². The van der Waals surface area contributed by atoms with Gasteiger partial charge in [-0.3, -0.25) is 0 Å². The Bertz CT molecular complexity index is 385. The Morgan fingerprint density at radius 3 is 0.963 bits per heavy atom. The van der Waals surface area contributed by atoms with Crippen LogP contribution in [0.1, 0.15) is 0 Å². The molecule has 0 amide bonds. The summed E-state index contributed by atoms with van der Waals surface area (Å²) in [5, 5.41) is 107. The number of carbonyl (C=O) groups excluding carboxylic acids is 2. The molecule has 0 aliphatic carbocycles. The van der Waals surface area contributed by atoms with E-state index in [1.807, 2.05) is 0 Å². The summed E-state index contributed by atoms with van der Waals surface area (Å²) in [5.74, 6) is -3.95. The quantitative estimate of drug-likeness (QED) is 0.140. The SMILES string of the molecule is O=C([O-])C(O)C(O)C(O)C(O)CO.O=C([O-])C(O)C(O)C(O)C(O)CO.[Mn+2]. The molecule has 0 saturated heterocycles. The summed E-state index contributed by atoms with van der Waals surface area (Å²) in [4.78, 5) is 20.0. The minimum Gasteiger partial charge on any atom is -0.547 e. The van der Waals surface area contributed by atoms with E-state index >= 15 is 0 Å². The fraction of sp³-hybridized carbons (Fsp3) is 0.833. The van der Waals surface area contributed by atoms with Crippen molar-refractivity contribution in [1.82, 2.24) is 0 Å². The number of aliphatic carboxylic acids is 2. The van der Waals surface area contributed by atoms with Gasteiger partial charge in [0.25, 0.3) is 0 Å². The van der Waals surface area contributed by atoms with Crippen LogP contribution in [0.15, 0.2) is 0 Å². The first-order chi connectivity index (χ1) is 11.8. The molecule has 0 bridgehead atoms. The van der Waals surface area contributed by atoms with Crippen LogP contribution in [0.4, 0.5) is 0 Å². The van der Waals surface area contributed by atoms with E-state index in [4.69, 9.17) is 51.1 Å². The van der Waals surface area contributed by atoms with Crippen LogP contribution in [-0.4, -0.2) is 125 Å².